The van der Waals surface area contributed by atoms with Crippen LogP contribution in [0.4, 0.5) is 0 Å². The highest BCUT2D eigenvalue weighted by molar-refractivity contribution is 7.13. The van der Waals surface area contributed by atoms with Crippen LogP contribution in [0.15, 0.2) is 29.9 Å². The van der Waals surface area contributed by atoms with Crippen molar-refractivity contribution in [2.45, 2.75) is 64.0 Å². The number of thiazole rings is 1. The molecule has 0 saturated heterocycles. The normalized spacial score (nSPS) is 23.4. The minimum absolute atomic E-state index is 0.269. The second-order valence-corrected chi connectivity index (χ2v) is 8.37. The van der Waals surface area contributed by atoms with Crippen molar-refractivity contribution in [2.24, 2.45) is 5.92 Å². The van der Waals surface area contributed by atoms with Gasteiger partial charge in [0.05, 0.1) is 12.1 Å². The van der Waals surface area contributed by atoms with Crippen molar-refractivity contribution in [2.75, 3.05) is 0 Å². The number of carbonyl (C=O) groups is 1. The van der Waals surface area contributed by atoms with Crippen molar-refractivity contribution >= 4 is 17.2 Å². The van der Waals surface area contributed by atoms with E-state index in [2.05, 4.69) is 21.8 Å². The molecule has 2 aromatic rings. The minimum atomic E-state index is 0.269. The van der Waals surface area contributed by atoms with Gasteiger partial charge >= 0.3 is 0 Å². The second-order valence-electron chi connectivity index (χ2n) is 7.51. The SMILES string of the molecule is CC1CCC(N(C(=O)Cc2csc(-c3cccnc3)n2)C2CC2)CC1. The molecule has 5 heteroatoms. The summed E-state index contributed by atoms with van der Waals surface area (Å²) >= 11 is 1.59. The van der Waals surface area contributed by atoms with Gasteiger partial charge in [0.2, 0.25) is 5.91 Å². The quantitative estimate of drug-likeness (QED) is 0.802. The number of hydrogen-bond donors (Lipinski definition) is 0. The predicted molar refractivity (Wildman–Crippen MR) is 100 cm³/mol. The van der Waals surface area contributed by atoms with Crippen LogP contribution in [0.1, 0.15) is 51.1 Å². The van der Waals surface area contributed by atoms with Gasteiger partial charge in [-0.1, -0.05) is 6.92 Å². The molecule has 132 valence electrons. The average Bonchev–Trinajstić information content (AvgIpc) is 3.35. The summed E-state index contributed by atoms with van der Waals surface area (Å²) in [6, 6.07) is 4.87. The van der Waals surface area contributed by atoms with E-state index in [0.29, 0.717) is 18.5 Å². The Morgan fingerprint density at radius 3 is 2.56 bits per heavy atom. The summed E-state index contributed by atoms with van der Waals surface area (Å²) < 4.78 is 0. The molecule has 0 aromatic carbocycles. The Bertz CT molecular complexity index is 718. The third-order valence-electron chi connectivity index (χ3n) is 5.40. The molecule has 0 radical (unpaired) electrons. The van der Waals surface area contributed by atoms with Gasteiger partial charge in [-0.15, -0.1) is 11.3 Å². The molecule has 2 aliphatic carbocycles. The lowest BCUT2D eigenvalue weighted by molar-refractivity contribution is -0.134. The number of carbonyl (C=O) groups excluding carboxylic acids is 1. The van der Waals surface area contributed by atoms with E-state index in [0.717, 1.165) is 22.2 Å². The number of rotatable bonds is 5. The minimum Gasteiger partial charge on any atom is -0.336 e. The maximum atomic E-state index is 13.0. The van der Waals surface area contributed by atoms with E-state index < -0.39 is 0 Å². The molecule has 0 atom stereocenters. The summed E-state index contributed by atoms with van der Waals surface area (Å²) in [5.74, 6) is 1.08. The first-order chi connectivity index (χ1) is 12.2. The molecule has 4 nitrogen and oxygen atoms in total. The molecule has 25 heavy (non-hydrogen) atoms. The van der Waals surface area contributed by atoms with Gasteiger partial charge < -0.3 is 4.90 Å². The van der Waals surface area contributed by atoms with Crippen LogP contribution in [0.25, 0.3) is 10.6 Å². The van der Waals surface area contributed by atoms with Crippen molar-refractivity contribution in [3.63, 3.8) is 0 Å². The summed E-state index contributed by atoms with van der Waals surface area (Å²) in [7, 11) is 0. The standard InChI is InChI=1S/C20H25N3OS/c1-14-4-6-17(7-5-14)23(18-8-9-18)19(24)11-16-13-25-20(22-16)15-3-2-10-21-12-15/h2-3,10,12-14,17-18H,4-9,11H2,1H3. The van der Waals surface area contributed by atoms with Gasteiger partial charge in [0.25, 0.3) is 0 Å². The zero-order chi connectivity index (χ0) is 17.2. The van der Waals surface area contributed by atoms with Crippen LogP contribution in [0.2, 0.25) is 0 Å². The van der Waals surface area contributed by atoms with Crippen LogP contribution >= 0.6 is 11.3 Å². The molecule has 0 spiro atoms. The van der Waals surface area contributed by atoms with Crippen LogP contribution in [0.3, 0.4) is 0 Å². The first-order valence-corrected chi connectivity index (χ1v) is 10.2. The first kappa shape index (κ1) is 16.7. The fourth-order valence-corrected chi connectivity index (χ4v) is 4.65. The first-order valence-electron chi connectivity index (χ1n) is 9.36. The van der Waals surface area contributed by atoms with Crippen LogP contribution in [-0.4, -0.2) is 32.9 Å². The maximum Gasteiger partial charge on any atom is 0.229 e. The van der Waals surface area contributed by atoms with E-state index in [1.54, 1.807) is 17.5 Å². The molecule has 2 aliphatic rings. The van der Waals surface area contributed by atoms with Crippen molar-refractivity contribution in [3.8, 4) is 10.6 Å². The summed E-state index contributed by atoms with van der Waals surface area (Å²) in [5, 5.41) is 2.97. The molecule has 1 amide bonds. The van der Waals surface area contributed by atoms with Gasteiger partial charge in [-0.3, -0.25) is 9.78 Å². The lowest BCUT2D eigenvalue weighted by Gasteiger charge is -2.36. The smallest absolute Gasteiger partial charge is 0.229 e. The van der Waals surface area contributed by atoms with E-state index in [1.807, 2.05) is 23.7 Å². The number of amides is 1. The molecular weight excluding hydrogens is 330 g/mol. The largest absolute Gasteiger partial charge is 0.336 e. The van der Waals surface area contributed by atoms with E-state index in [1.165, 1.54) is 38.5 Å². The number of aromatic nitrogens is 2. The third kappa shape index (κ3) is 3.92. The van der Waals surface area contributed by atoms with Crippen LogP contribution < -0.4 is 0 Å². The molecule has 0 aliphatic heterocycles. The average molecular weight is 356 g/mol. The lowest BCUT2D eigenvalue weighted by atomic mass is 9.86. The van der Waals surface area contributed by atoms with Crippen LogP contribution in [0.5, 0.6) is 0 Å². The predicted octanol–water partition coefficient (Wildman–Crippen LogP) is 4.32. The maximum absolute atomic E-state index is 13.0. The Balaban J connectivity index is 1.44. The van der Waals surface area contributed by atoms with Gasteiger partial charge in [-0.2, -0.15) is 0 Å². The number of hydrogen-bond acceptors (Lipinski definition) is 4. The Kier molecular flexibility index (Phi) is 4.84. The zero-order valence-electron chi connectivity index (χ0n) is 14.7. The number of pyridine rings is 1. The van der Waals surface area contributed by atoms with E-state index >= 15 is 0 Å². The van der Waals surface area contributed by atoms with Crippen molar-refractivity contribution in [3.05, 3.63) is 35.6 Å². The molecule has 2 saturated carbocycles. The van der Waals surface area contributed by atoms with Crippen molar-refractivity contribution in [1.82, 2.24) is 14.9 Å². The van der Waals surface area contributed by atoms with E-state index in [4.69, 9.17) is 0 Å². The summed E-state index contributed by atoms with van der Waals surface area (Å²) in [5.41, 5.74) is 1.91. The van der Waals surface area contributed by atoms with E-state index in [9.17, 15) is 4.79 Å². The zero-order valence-corrected chi connectivity index (χ0v) is 15.5. The van der Waals surface area contributed by atoms with Gasteiger partial charge in [-0.05, 0) is 56.6 Å². The summed E-state index contributed by atoms with van der Waals surface area (Å²) in [6.45, 7) is 2.33. The van der Waals surface area contributed by atoms with Crippen molar-refractivity contribution in [1.29, 1.82) is 0 Å². The van der Waals surface area contributed by atoms with E-state index in [-0.39, 0.29) is 5.91 Å². The molecule has 2 fully saturated rings. The molecule has 0 N–H and O–H groups in total. The Morgan fingerprint density at radius 1 is 1.20 bits per heavy atom. The fraction of sp³-hybridized carbons (Fsp3) is 0.550. The molecule has 2 aromatic heterocycles. The van der Waals surface area contributed by atoms with Gasteiger partial charge in [0.15, 0.2) is 0 Å². The van der Waals surface area contributed by atoms with Crippen LogP contribution in [-0.2, 0) is 11.2 Å². The second kappa shape index (κ2) is 7.24. The number of nitrogens with zero attached hydrogens (tertiary/aromatic N) is 3. The van der Waals surface area contributed by atoms with Crippen LogP contribution in [0, 0.1) is 5.92 Å². The molecular formula is C20H25N3OS. The summed E-state index contributed by atoms with van der Waals surface area (Å²) in [4.78, 5) is 24.0. The highest BCUT2D eigenvalue weighted by atomic mass is 32.1. The Labute approximate surface area is 153 Å². The van der Waals surface area contributed by atoms with Gasteiger partial charge in [-0.25, -0.2) is 4.98 Å². The highest BCUT2D eigenvalue weighted by Crippen LogP contribution is 2.35. The topological polar surface area (TPSA) is 46.1 Å². The highest BCUT2D eigenvalue weighted by Gasteiger charge is 2.38. The Morgan fingerprint density at radius 2 is 1.92 bits per heavy atom. The Hall–Kier alpha value is -1.75. The van der Waals surface area contributed by atoms with Crippen molar-refractivity contribution < 1.29 is 4.79 Å². The molecule has 0 unspecified atom stereocenters. The van der Waals surface area contributed by atoms with Gasteiger partial charge in [0.1, 0.15) is 5.01 Å². The lowest BCUT2D eigenvalue weighted by Crippen LogP contribution is -2.44. The monoisotopic (exact) mass is 355 g/mol. The van der Waals surface area contributed by atoms with Gasteiger partial charge in [0, 0.05) is 35.4 Å². The molecule has 2 heterocycles. The fourth-order valence-electron chi connectivity index (χ4n) is 3.84. The third-order valence-corrected chi connectivity index (χ3v) is 6.34. The summed E-state index contributed by atoms with van der Waals surface area (Å²) in [6.07, 6.45) is 11.2. The molecule has 0 bridgehead atoms. The molecule has 4 rings (SSSR count).